The minimum Gasteiger partial charge on any atom is -0.326 e. The van der Waals surface area contributed by atoms with Crippen LogP contribution in [0.25, 0.3) is 0 Å². The molecule has 6 nitrogen and oxygen atoms in total. The summed E-state index contributed by atoms with van der Waals surface area (Å²) in [5.74, 6) is -0.290. The first-order chi connectivity index (χ1) is 11.3. The van der Waals surface area contributed by atoms with Crippen LogP contribution in [0, 0.1) is 11.3 Å². The van der Waals surface area contributed by atoms with Gasteiger partial charge in [-0.25, -0.2) is 8.42 Å². The number of rotatable bonds is 8. The summed E-state index contributed by atoms with van der Waals surface area (Å²) in [5, 5.41) is 11.6. The average Bonchev–Trinajstić information content (AvgIpc) is 2.58. The molecule has 0 fully saturated rings. The van der Waals surface area contributed by atoms with E-state index in [9.17, 15) is 13.2 Å². The van der Waals surface area contributed by atoms with E-state index in [-0.39, 0.29) is 11.7 Å². The lowest BCUT2D eigenvalue weighted by Crippen LogP contribution is -2.26. The number of hydrogen-bond donors (Lipinski definition) is 2. The molecule has 7 heteroatoms. The first kappa shape index (κ1) is 19.7. The monoisotopic (exact) mass is 349 g/mol. The number of sulfonamides is 1. The summed E-state index contributed by atoms with van der Waals surface area (Å²) in [6.45, 7) is 7.06. The fraction of sp³-hybridized carbons (Fsp3) is 0.412. The maximum Gasteiger partial charge on any atom is 0.250 e. The largest absolute Gasteiger partial charge is 0.326 e. The maximum atomic E-state index is 12.1. The van der Waals surface area contributed by atoms with Crippen LogP contribution in [0.2, 0.25) is 0 Å². The van der Waals surface area contributed by atoms with Gasteiger partial charge in [-0.2, -0.15) is 5.26 Å². The second kappa shape index (κ2) is 9.08. The van der Waals surface area contributed by atoms with E-state index in [1.54, 1.807) is 32.1 Å². The van der Waals surface area contributed by atoms with Crippen molar-refractivity contribution in [1.29, 1.82) is 5.26 Å². The third-order valence-corrected chi connectivity index (χ3v) is 4.93. The Labute approximate surface area is 143 Å². The quantitative estimate of drug-likeness (QED) is 0.657. The van der Waals surface area contributed by atoms with Gasteiger partial charge < -0.3 is 5.32 Å². The topological polar surface area (TPSA) is 99.1 Å². The molecule has 0 aromatic rings. The fourth-order valence-corrected chi connectivity index (χ4v) is 2.76. The van der Waals surface area contributed by atoms with Crippen molar-refractivity contribution in [2.24, 2.45) is 0 Å². The van der Waals surface area contributed by atoms with E-state index in [0.717, 1.165) is 5.70 Å². The number of nitrogens with one attached hydrogen (secondary N) is 2. The van der Waals surface area contributed by atoms with Crippen LogP contribution >= 0.6 is 0 Å². The number of carbonyl (C=O) groups is 1. The van der Waals surface area contributed by atoms with E-state index in [0.29, 0.717) is 42.5 Å². The maximum absolute atomic E-state index is 12.1. The van der Waals surface area contributed by atoms with E-state index in [4.69, 9.17) is 5.26 Å². The van der Waals surface area contributed by atoms with E-state index in [2.05, 4.69) is 22.7 Å². The van der Waals surface area contributed by atoms with Gasteiger partial charge in [0.15, 0.2) is 0 Å². The van der Waals surface area contributed by atoms with Crippen molar-refractivity contribution in [3.63, 3.8) is 0 Å². The number of amides is 1. The molecule has 0 heterocycles. The number of nitrogens with zero attached hydrogens (tertiary/aromatic N) is 1. The summed E-state index contributed by atoms with van der Waals surface area (Å²) in [4.78, 5) is 12.1. The van der Waals surface area contributed by atoms with Crippen LogP contribution in [0.1, 0.15) is 39.5 Å². The summed E-state index contributed by atoms with van der Waals surface area (Å²) in [5.41, 5.74) is 2.36. The Balaban J connectivity index is 2.53. The lowest BCUT2D eigenvalue weighted by atomic mass is 10.0. The second-order valence-electron chi connectivity index (χ2n) is 5.37. The van der Waals surface area contributed by atoms with Gasteiger partial charge in [0.05, 0.1) is 11.8 Å². The minimum atomic E-state index is -3.32. The zero-order valence-electron chi connectivity index (χ0n) is 14.1. The molecule has 130 valence electrons. The van der Waals surface area contributed by atoms with Crippen LogP contribution in [-0.2, 0) is 14.8 Å². The standard InChI is InChI=1S/C17H23N3O3S/c1-4-15(20-24(22,23)5-2)9-6-13(3)17(21)19-16-10-7-14(12-18)8-11-16/h4,7,10,20H,3,5-6,8-9,11H2,1-2H3,(H,19,21)/b15-4+. The summed E-state index contributed by atoms with van der Waals surface area (Å²) in [6, 6.07) is 2.09. The highest BCUT2D eigenvalue weighted by atomic mass is 32.2. The van der Waals surface area contributed by atoms with Crippen LogP contribution in [0.15, 0.2) is 47.3 Å². The molecule has 0 aliphatic heterocycles. The molecule has 0 bridgehead atoms. The molecule has 1 aliphatic rings. The van der Waals surface area contributed by atoms with E-state index in [1.807, 2.05) is 0 Å². The first-order valence-corrected chi connectivity index (χ1v) is 9.41. The Morgan fingerprint density at radius 1 is 1.38 bits per heavy atom. The van der Waals surface area contributed by atoms with Crippen LogP contribution in [0.5, 0.6) is 0 Å². The lowest BCUT2D eigenvalue weighted by molar-refractivity contribution is -0.117. The Bertz CT molecular complexity index is 738. The van der Waals surface area contributed by atoms with E-state index < -0.39 is 10.0 Å². The van der Waals surface area contributed by atoms with Crippen molar-refractivity contribution in [2.45, 2.75) is 39.5 Å². The summed E-state index contributed by atoms with van der Waals surface area (Å²) in [7, 11) is -3.32. The molecular formula is C17H23N3O3S. The van der Waals surface area contributed by atoms with Gasteiger partial charge >= 0.3 is 0 Å². The van der Waals surface area contributed by atoms with Crippen LogP contribution < -0.4 is 10.0 Å². The molecule has 0 aromatic carbocycles. The normalized spacial score (nSPS) is 15.0. The number of carbonyl (C=O) groups excluding carboxylic acids is 1. The molecular weight excluding hydrogens is 326 g/mol. The van der Waals surface area contributed by atoms with E-state index in [1.165, 1.54) is 0 Å². The predicted molar refractivity (Wildman–Crippen MR) is 93.9 cm³/mol. The molecule has 2 N–H and O–H groups in total. The predicted octanol–water partition coefficient (Wildman–Crippen LogP) is 2.41. The molecule has 0 spiro atoms. The van der Waals surface area contributed by atoms with Crippen molar-refractivity contribution in [2.75, 3.05) is 5.75 Å². The minimum absolute atomic E-state index is 0.00185. The summed E-state index contributed by atoms with van der Waals surface area (Å²) >= 11 is 0. The zero-order valence-corrected chi connectivity index (χ0v) is 14.9. The molecule has 0 atom stereocenters. The molecule has 0 unspecified atom stereocenters. The second-order valence-corrected chi connectivity index (χ2v) is 7.38. The Morgan fingerprint density at radius 2 is 2.08 bits per heavy atom. The SMILES string of the molecule is C=C(CC/C(=C\C)NS(=O)(=O)CC)C(=O)NC1=CC=C(C#N)CC1. The molecule has 1 aliphatic carbocycles. The third kappa shape index (κ3) is 6.42. The van der Waals surface area contributed by atoms with Crippen molar-refractivity contribution >= 4 is 15.9 Å². The zero-order chi connectivity index (χ0) is 18.2. The van der Waals surface area contributed by atoms with Crippen molar-refractivity contribution in [3.8, 4) is 6.07 Å². The smallest absolute Gasteiger partial charge is 0.250 e. The van der Waals surface area contributed by atoms with Crippen LogP contribution in [0.3, 0.4) is 0 Å². The van der Waals surface area contributed by atoms with Crippen molar-refractivity contribution in [1.82, 2.24) is 10.0 Å². The van der Waals surface area contributed by atoms with Crippen molar-refractivity contribution < 1.29 is 13.2 Å². The van der Waals surface area contributed by atoms with Gasteiger partial charge in [0, 0.05) is 22.5 Å². The molecule has 1 amide bonds. The first-order valence-electron chi connectivity index (χ1n) is 7.76. The lowest BCUT2D eigenvalue weighted by Gasteiger charge is -2.14. The average molecular weight is 349 g/mol. The van der Waals surface area contributed by atoms with Gasteiger partial charge in [-0.3, -0.25) is 9.52 Å². The molecule has 0 aromatic heterocycles. The van der Waals surface area contributed by atoms with Gasteiger partial charge in [0.1, 0.15) is 0 Å². The molecule has 1 rings (SSSR count). The summed E-state index contributed by atoms with van der Waals surface area (Å²) < 4.78 is 25.6. The Hall–Kier alpha value is -2.33. The summed E-state index contributed by atoms with van der Waals surface area (Å²) in [6.07, 6.45) is 7.05. The number of allylic oxidation sites excluding steroid dienone is 6. The molecule has 0 saturated heterocycles. The molecule has 0 radical (unpaired) electrons. The number of hydrogen-bond acceptors (Lipinski definition) is 4. The van der Waals surface area contributed by atoms with E-state index >= 15 is 0 Å². The Kier molecular flexibility index (Phi) is 7.46. The number of nitriles is 1. The van der Waals surface area contributed by atoms with Gasteiger partial charge in [-0.15, -0.1) is 0 Å². The van der Waals surface area contributed by atoms with Crippen LogP contribution in [0.4, 0.5) is 0 Å². The van der Waals surface area contributed by atoms with Gasteiger partial charge in [-0.1, -0.05) is 12.7 Å². The molecule has 0 saturated carbocycles. The molecule has 24 heavy (non-hydrogen) atoms. The highest BCUT2D eigenvalue weighted by Gasteiger charge is 2.14. The van der Waals surface area contributed by atoms with Gasteiger partial charge in [0.25, 0.3) is 5.91 Å². The highest BCUT2D eigenvalue weighted by Crippen LogP contribution is 2.17. The van der Waals surface area contributed by atoms with Crippen molar-refractivity contribution in [3.05, 3.63) is 47.3 Å². The highest BCUT2D eigenvalue weighted by molar-refractivity contribution is 7.89. The van der Waals surface area contributed by atoms with Gasteiger partial charge in [0.2, 0.25) is 10.0 Å². The Morgan fingerprint density at radius 3 is 2.58 bits per heavy atom. The van der Waals surface area contributed by atoms with Gasteiger partial charge in [-0.05, 0) is 51.7 Å². The third-order valence-electron chi connectivity index (χ3n) is 3.60. The van der Waals surface area contributed by atoms with Crippen LogP contribution in [-0.4, -0.2) is 20.1 Å². The fourth-order valence-electron chi connectivity index (χ4n) is 1.99.